The molecule has 0 bridgehead atoms. The minimum Gasteiger partial charge on any atom is -0.465 e. The van der Waals surface area contributed by atoms with Crippen LogP contribution in [0.2, 0.25) is 5.02 Å². The second kappa shape index (κ2) is 7.12. The SMILES string of the molecule is COC(=O)/C(C#N)=C1/OC(c2ccccc2)=CN1c1ccc(Cl)cc1. The molecule has 0 aliphatic carbocycles. The summed E-state index contributed by atoms with van der Waals surface area (Å²) in [6.45, 7) is 0. The van der Waals surface area contributed by atoms with Gasteiger partial charge in [-0.3, -0.25) is 4.90 Å². The van der Waals surface area contributed by atoms with Gasteiger partial charge in [-0.05, 0) is 24.3 Å². The second-order valence-corrected chi connectivity index (χ2v) is 5.53. The molecule has 2 aromatic carbocycles. The molecule has 6 heteroatoms. The molecule has 0 atom stereocenters. The average molecular weight is 353 g/mol. The molecule has 5 nitrogen and oxygen atoms in total. The fourth-order valence-electron chi connectivity index (χ4n) is 2.34. The second-order valence-electron chi connectivity index (χ2n) is 5.09. The standard InChI is InChI=1S/C19H13ClN2O3/c1-24-19(23)16(11-21)18-22(15-9-7-14(20)8-10-15)12-17(25-18)13-5-3-2-4-6-13/h2-10,12H,1H3/b18-16+. The number of rotatable bonds is 3. The van der Waals surface area contributed by atoms with Crippen LogP contribution in [0.5, 0.6) is 0 Å². The lowest BCUT2D eigenvalue weighted by Gasteiger charge is -2.17. The molecular weight excluding hydrogens is 340 g/mol. The summed E-state index contributed by atoms with van der Waals surface area (Å²) in [4.78, 5) is 13.6. The van der Waals surface area contributed by atoms with Crippen molar-refractivity contribution in [1.29, 1.82) is 5.26 Å². The summed E-state index contributed by atoms with van der Waals surface area (Å²) in [5.74, 6) is -0.156. The van der Waals surface area contributed by atoms with E-state index >= 15 is 0 Å². The Morgan fingerprint density at radius 1 is 1.16 bits per heavy atom. The van der Waals surface area contributed by atoms with Crippen molar-refractivity contribution in [3.8, 4) is 6.07 Å². The monoisotopic (exact) mass is 352 g/mol. The van der Waals surface area contributed by atoms with Crippen molar-refractivity contribution in [2.24, 2.45) is 0 Å². The fourth-order valence-corrected chi connectivity index (χ4v) is 2.47. The third-order valence-corrected chi connectivity index (χ3v) is 3.80. The Kier molecular flexibility index (Phi) is 4.73. The van der Waals surface area contributed by atoms with Crippen molar-refractivity contribution < 1.29 is 14.3 Å². The van der Waals surface area contributed by atoms with Gasteiger partial charge in [0.1, 0.15) is 6.07 Å². The van der Waals surface area contributed by atoms with Crippen LogP contribution in [-0.2, 0) is 14.3 Å². The molecule has 1 heterocycles. The quantitative estimate of drug-likeness (QED) is 0.473. The van der Waals surface area contributed by atoms with Crippen LogP contribution in [0, 0.1) is 11.3 Å². The van der Waals surface area contributed by atoms with Gasteiger partial charge in [-0.25, -0.2) is 4.79 Å². The smallest absolute Gasteiger partial charge is 0.354 e. The van der Waals surface area contributed by atoms with Crippen LogP contribution in [0.4, 0.5) is 5.69 Å². The molecule has 0 fully saturated rings. The van der Waals surface area contributed by atoms with E-state index in [-0.39, 0.29) is 11.5 Å². The van der Waals surface area contributed by atoms with E-state index in [2.05, 4.69) is 4.74 Å². The van der Waals surface area contributed by atoms with Gasteiger partial charge in [0, 0.05) is 16.3 Å². The minimum absolute atomic E-state index is 0.0931. The average Bonchev–Trinajstić information content (AvgIpc) is 3.08. The van der Waals surface area contributed by atoms with Gasteiger partial charge in [0.25, 0.3) is 0 Å². The molecule has 0 aromatic heterocycles. The number of nitriles is 1. The molecule has 1 aliphatic rings. The molecule has 0 N–H and O–H groups in total. The summed E-state index contributed by atoms with van der Waals surface area (Å²) in [7, 11) is 1.22. The van der Waals surface area contributed by atoms with E-state index < -0.39 is 5.97 Å². The first-order valence-electron chi connectivity index (χ1n) is 7.36. The highest BCUT2D eigenvalue weighted by Crippen LogP contribution is 2.35. The summed E-state index contributed by atoms with van der Waals surface area (Å²) in [6, 6.07) is 18.2. The minimum atomic E-state index is -0.765. The Morgan fingerprint density at radius 2 is 1.84 bits per heavy atom. The van der Waals surface area contributed by atoms with E-state index in [0.717, 1.165) is 5.56 Å². The molecule has 3 rings (SSSR count). The molecule has 25 heavy (non-hydrogen) atoms. The number of anilines is 1. The zero-order valence-corrected chi connectivity index (χ0v) is 14.0. The number of carbonyl (C=O) groups excluding carboxylic acids is 1. The number of methoxy groups -OCH3 is 1. The number of esters is 1. The van der Waals surface area contributed by atoms with Crippen molar-refractivity contribution in [3.05, 3.63) is 82.8 Å². The number of benzene rings is 2. The number of ether oxygens (including phenoxy) is 2. The highest BCUT2D eigenvalue weighted by atomic mass is 35.5. The highest BCUT2D eigenvalue weighted by molar-refractivity contribution is 6.30. The molecule has 0 saturated carbocycles. The predicted molar refractivity (Wildman–Crippen MR) is 94.1 cm³/mol. The molecule has 124 valence electrons. The maximum atomic E-state index is 12.0. The summed E-state index contributed by atoms with van der Waals surface area (Å²) >= 11 is 5.94. The van der Waals surface area contributed by atoms with Gasteiger partial charge in [0.05, 0.1) is 13.3 Å². The van der Waals surface area contributed by atoms with Gasteiger partial charge in [0.15, 0.2) is 11.3 Å². The number of hydrogen-bond donors (Lipinski definition) is 0. The van der Waals surface area contributed by atoms with Crippen LogP contribution in [-0.4, -0.2) is 13.1 Å². The van der Waals surface area contributed by atoms with Crippen LogP contribution in [0.3, 0.4) is 0 Å². The van der Waals surface area contributed by atoms with E-state index in [0.29, 0.717) is 16.5 Å². The Bertz CT molecular complexity index is 897. The van der Waals surface area contributed by atoms with E-state index in [1.807, 2.05) is 36.4 Å². The number of carbonyl (C=O) groups is 1. The molecule has 0 radical (unpaired) electrons. The largest absolute Gasteiger partial charge is 0.465 e. The number of halogens is 1. The van der Waals surface area contributed by atoms with Crippen molar-refractivity contribution in [2.75, 3.05) is 12.0 Å². The first-order chi connectivity index (χ1) is 12.1. The van der Waals surface area contributed by atoms with Crippen LogP contribution >= 0.6 is 11.6 Å². The van der Waals surface area contributed by atoms with Crippen LogP contribution in [0.25, 0.3) is 5.76 Å². The van der Waals surface area contributed by atoms with Crippen molar-refractivity contribution in [2.45, 2.75) is 0 Å². The predicted octanol–water partition coefficient (Wildman–Crippen LogP) is 4.08. The van der Waals surface area contributed by atoms with Crippen LogP contribution in [0.1, 0.15) is 5.56 Å². The number of nitrogens with zero attached hydrogens (tertiary/aromatic N) is 2. The van der Waals surface area contributed by atoms with Crippen molar-refractivity contribution in [1.82, 2.24) is 0 Å². The van der Waals surface area contributed by atoms with Gasteiger partial charge in [-0.15, -0.1) is 0 Å². The first kappa shape index (κ1) is 16.6. The van der Waals surface area contributed by atoms with Crippen molar-refractivity contribution in [3.63, 3.8) is 0 Å². The Balaban J connectivity index is 2.12. The number of hydrogen-bond acceptors (Lipinski definition) is 5. The zero-order chi connectivity index (χ0) is 17.8. The molecule has 0 spiro atoms. The Hall–Kier alpha value is -3.23. The molecule has 2 aromatic rings. The lowest BCUT2D eigenvalue weighted by atomic mass is 10.2. The highest BCUT2D eigenvalue weighted by Gasteiger charge is 2.30. The third-order valence-electron chi connectivity index (χ3n) is 3.55. The zero-order valence-electron chi connectivity index (χ0n) is 13.3. The van der Waals surface area contributed by atoms with E-state index in [9.17, 15) is 10.1 Å². The van der Waals surface area contributed by atoms with Gasteiger partial charge < -0.3 is 9.47 Å². The van der Waals surface area contributed by atoms with Gasteiger partial charge in [-0.2, -0.15) is 5.26 Å². The molecule has 0 unspecified atom stereocenters. The van der Waals surface area contributed by atoms with Gasteiger partial charge in [0.2, 0.25) is 5.88 Å². The maximum absolute atomic E-state index is 12.0. The van der Waals surface area contributed by atoms with Gasteiger partial charge in [-0.1, -0.05) is 41.9 Å². The molecule has 1 aliphatic heterocycles. The van der Waals surface area contributed by atoms with E-state index in [1.54, 1.807) is 35.4 Å². The van der Waals surface area contributed by atoms with E-state index in [4.69, 9.17) is 16.3 Å². The lowest BCUT2D eigenvalue weighted by Crippen LogP contribution is -2.17. The van der Waals surface area contributed by atoms with Crippen LogP contribution in [0.15, 0.2) is 72.3 Å². The summed E-state index contributed by atoms with van der Waals surface area (Å²) in [5.41, 5.74) is 1.29. The summed E-state index contributed by atoms with van der Waals surface area (Å²) < 4.78 is 10.5. The van der Waals surface area contributed by atoms with E-state index in [1.165, 1.54) is 7.11 Å². The van der Waals surface area contributed by atoms with Crippen LogP contribution < -0.4 is 4.90 Å². The molecule has 0 amide bonds. The first-order valence-corrected chi connectivity index (χ1v) is 7.74. The molecular formula is C19H13ClN2O3. The van der Waals surface area contributed by atoms with Gasteiger partial charge >= 0.3 is 5.97 Å². The topological polar surface area (TPSA) is 62.6 Å². The summed E-state index contributed by atoms with van der Waals surface area (Å²) in [5, 5.41) is 9.97. The lowest BCUT2D eigenvalue weighted by molar-refractivity contribution is -0.135. The maximum Gasteiger partial charge on any atom is 0.354 e. The normalized spacial score (nSPS) is 15.1. The Labute approximate surface area is 150 Å². The van der Waals surface area contributed by atoms with Crippen molar-refractivity contribution >= 4 is 29.0 Å². The molecule has 0 saturated heterocycles. The summed E-state index contributed by atoms with van der Waals surface area (Å²) in [6.07, 6.45) is 1.72. The fraction of sp³-hybridized carbons (Fsp3) is 0.0526. The third kappa shape index (κ3) is 3.35. The Morgan fingerprint density at radius 3 is 2.44 bits per heavy atom.